The van der Waals surface area contributed by atoms with Crippen molar-refractivity contribution in [2.45, 2.75) is 29.5 Å². The van der Waals surface area contributed by atoms with E-state index in [1.54, 1.807) is 17.1 Å². The molecule has 1 aliphatic rings. The van der Waals surface area contributed by atoms with E-state index in [0.29, 0.717) is 25.5 Å². The first kappa shape index (κ1) is 17.4. The molecule has 0 spiro atoms. The Morgan fingerprint density at radius 2 is 2.29 bits per heavy atom. The van der Waals surface area contributed by atoms with E-state index in [-0.39, 0.29) is 18.1 Å². The maximum atomic E-state index is 12.4. The van der Waals surface area contributed by atoms with Crippen LogP contribution in [-0.2, 0) is 16.1 Å². The number of carbonyl (C=O) groups is 1. The lowest BCUT2D eigenvalue weighted by molar-refractivity contribution is -0.0736. The number of hydrogen-bond acceptors (Lipinski definition) is 6. The summed E-state index contributed by atoms with van der Waals surface area (Å²) in [4.78, 5) is 16.7. The molecule has 0 aliphatic carbocycles. The van der Waals surface area contributed by atoms with Gasteiger partial charge in [0.1, 0.15) is 16.1 Å². The van der Waals surface area contributed by atoms with Gasteiger partial charge in [-0.2, -0.15) is 0 Å². The molecular formula is C17H20N2O3S2. The summed E-state index contributed by atoms with van der Waals surface area (Å²) in [7, 11) is 0. The molecule has 0 radical (unpaired) electrons. The molecule has 1 fully saturated rings. The SMILES string of the molecule is CSc1nc(C(=O)N[C@@H]2CCOC[C@H]2OCc2ccccc2)cs1. The first-order valence-corrected chi connectivity index (χ1v) is 9.90. The zero-order chi connectivity index (χ0) is 16.8. The van der Waals surface area contributed by atoms with Gasteiger partial charge in [-0.3, -0.25) is 4.79 Å². The van der Waals surface area contributed by atoms with Gasteiger partial charge in [0, 0.05) is 12.0 Å². The highest BCUT2D eigenvalue weighted by molar-refractivity contribution is 8.00. The number of nitrogens with one attached hydrogen (secondary N) is 1. The van der Waals surface area contributed by atoms with Crippen LogP contribution in [0.5, 0.6) is 0 Å². The number of thiazole rings is 1. The van der Waals surface area contributed by atoms with E-state index < -0.39 is 0 Å². The maximum absolute atomic E-state index is 12.4. The second-order valence-electron chi connectivity index (χ2n) is 5.48. The van der Waals surface area contributed by atoms with Gasteiger partial charge in [0.25, 0.3) is 5.91 Å². The van der Waals surface area contributed by atoms with E-state index in [1.807, 2.05) is 36.6 Å². The number of amides is 1. The van der Waals surface area contributed by atoms with E-state index in [2.05, 4.69) is 10.3 Å². The molecule has 2 atom stereocenters. The van der Waals surface area contributed by atoms with Crippen LogP contribution in [0.25, 0.3) is 0 Å². The van der Waals surface area contributed by atoms with Gasteiger partial charge in [0.2, 0.25) is 0 Å². The molecule has 3 rings (SSSR count). The minimum Gasteiger partial charge on any atom is -0.379 e. The average Bonchev–Trinajstić information content (AvgIpc) is 3.11. The second kappa shape index (κ2) is 8.62. The number of aromatic nitrogens is 1. The number of thioether (sulfide) groups is 1. The normalized spacial score (nSPS) is 20.7. The molecule has 5 nitrogen and oxygen atoms in total. The second-order valence-corrected chi connectivity index (χ2v) is 7.39. The highest BCUT2D eigenvalue weighted by Gasteiger charge is 2.28. The summed E-state index contributed by atoms with van der Waals surface area (Å²) >= 11 is 3.03. The Labute approximate surface area is 149 Å². The summed E-state index contributed by atoms with van der Waals surface area (Å²) < 4.78 is 12.4. The van der Waals surface area contributed by atoms with Crippen LogP contribution in [0.1, 0.15) is 22.5 Å². The van der Waals surface area contributed by atoms with Crippen LogP contribution in [0.15, 0.2) is 40.1 Å². The van der Waals surface area contributed by atoms with Gasteiger partial charge >= 0.3 is 0 Å². The molecule has 1 saturated heterocycles. The largest absolute Gasteiger partial charge is 0.379 e. The standard InChI is InChI=1S/C17H20N2O3S2/c1-23-17-19-14(11-24-17)16(20)18-13-7-8-21-10-15(13)22-9-12-5-3-2-4-6-12/h2-6,11,13,15H,7-10H2,1H3,(H,18,20)/t13-,15-/m1/s1. The van der Waals surface area contributed by atoms with Crippen molar-refractivity contribution in [3.05, 3.63) is 47.0 Å². The summed E-state index contributed by atoms with van der Waals surface area (Å²) in [6.07, 6.45) is 2.54. The molecule has 0 bridgehead atoms. The van der Waals surface area contributed by atoms with Crippen molar-refractivity contribution in [2.24, 2.45) is 0 Å². The van der Waals surface area contributed by atoms with Crippen LogP contribution in [-0.4, -0.2) is 42.5 Å². The molecule has 1 aromatic carbocycles. The van der Waals surface area contributed by atoms with Crippen molar-refractivity contribution >= 4 is 29.0 Å². The zero-order valence-corrected chi connectivity index (χ0v) is 15.1. The lowest BCUT2D eigenvalue weighted by Crippen LogP contribution is -2.50. The fourth-order valence-corrected chi connectivity index (χ4v) is 3.76. The molecule has 128 valence electrons. The molecule has 0 saturated carbocycles. The lowest BCUT2D eigenvalue weighted by Gasteiger charge is -2.32. The minimum absolute atomic E-state index is 0.0607. The molecule has 7 heteroatoms. The Morgan fingerprint density at radius 3 is 3.04 bits per heavy atom. The van der Waals surface area contributed by atoms with Crippen molar-refractivity contribution in [3.63, 3.8) is 0 Å². The topological polar surface area (TPSA) is 60.5 Å². The molecule has 1 aliphatic heterocycles. The van der Waals surface area contributed by atoms with Crippen LogP contribution in [0.4, 0.5) is 0 Å². The van der Waals surface area contributed by atoms with Gasteiger partial charge in [-0.25, -0.2) is 4.98 Å². The summed E-state index contributed by atoms with van der Waals surface area (Å²) in [6.45, 7) is 1.63. The predicted octanol–water partition coefficient (Wildman–Crippen LogP) is 2.97. The summed E-state index contributed by atoms with van der Waals surface area (Å²) in [6, 6.07) is 9.94. The number of nitrogens with zero attached hydrogens (tertiary/aromatic N) is 1. The van der Waals surface area contributed by atoms with Crippen molar-refractivity contribution in [3.8, 4) is 0 Å². The molecule has 0 unspecified atom stereocenters. The summed E-state index contributed by atoms with van der Waals surface area (Å²) in [5, 5.41) is 4.84. The van der Waals surface area contributed by atoms with Crippen molar-refractivity contribution in [2.75, 3.05) is 19.5 Å². The van der Waals surface area contributed by atoms with E-state index in [4.69, 9.17) is 9.47 Å². The molecule has 1 N–H and O–H groups in total. The Hall–Kier alpha value is -1.41. The first-order chi connectivity index (χ1) is 11.8. The number of ether oxygens (including phenoxy) is 2. The number of carbonyl (C=O) groups excluding carboxylic acids is 1. The molecular weight excluding hydrogens is 344 g/mol. The maximum Gasteiger partial charge on any atom is 0.271 e. The zero-order valence-electron chi connectivity index (χ0n) is 13.4. The fraction of sp³-hybridized carbons (Fsp3) is 0.412. The molecule has 1 aromatic heterocycles. The van der Waals surface area contributed by atoms with Gasteiger partial charge in [-0.05, 0) is 18.2 Å². The average molecular weight is 364 g/mol. The first-order valence-electron chi connectivity index (χ1n) is 7.80. The smallest absolute Gasteiger partial charge is 0.271 e. The van der Waals surface area contributed by atoms with Crippen molar-refractivity contribution < 1.29 is 14.3 Å². The fourth-order valence-electron chi connectivity index (χ4n) is 2.52. The van der Waals surface area contributed by atoms with Gasteiger partial charge in [-0.15, -0.1) is 11.3 Å². The van der Waals surface area contributed by atoms with Crippen LogP contribution in [0, 0.1) is 0 Å². The van der Waals surface area contributed by atoms with Crippen molar-refractivity contribution in [1.29, 1.82) is 0 Å². The Bertz CT molecular complexity index is 663. The monoisotopic (exact) mass is 364 g/mol. The molecule has 2 aromatic rings. The highest BCUT2D eigenvalue weighted by Crippen LogP contribution is 2.20. The van der Waals surface area contributed by atoms with Crippen molar-refractivity contribution in [1.82, 2.24) is 10.3 Å². The molecule has 1 amide bonds. The molecule has 2 heterocycles. The van der Waals surface area contributed by atoms with E-state index in [9.17, 15) is 4.79 Å². The predicted molar refractivity (Wildman–Crippen MR) is 95.6 cm³/mol. The number of rotatable bonds is 6. The third-order valence-electron chi connectivity index (χ3n) is 3.82. The van der Waals surface area contributed by atoms with Crippen LogP contribution >= 0.6 is 23.1 Å². The lowest BCUT2D eigenvalue weighted by atomic mass is 10.1. The number of benzene rings is 1. The third-order valence-corrected chi connectivity index (χ3v) is 5.68. The summed E-state index contributed by atoms with van der Waals surface area (Å²) in [5.74, 6) is -0.147. The third kappa shape index (κ3) is 4.57. The van der Waals surface area contributed by atoms with E-state index in [1.165, 1.54) is 11.3 Å². The summed E-state index contributed by atoms with van der Waals surface area (Å²) in [5.41, 5.74) is 1.58. The van der Waals surface area contributed by atoms with E-state index >= 15 is 0 Å². The Kier molecular flexibility index (Phi) is 6.25. The quantitative estimate of drug-likeness (QED) is 0.799. The van der Waals surface area contributed by atoms with Gasteiger partial charge in [0.05, 0.1) is 19.3 Å². The van der Waals surface area contributed by atoms with Crippen LogP contribution in [0.3, 0.4) is 0 Å². The van der Waals surface area contributed by atoms with Crippen LogP contribution < -0.4 is 5.32 Å². The Balaban J connectivity index is 1.58. The molecule has 24 heavy (non-hydrogen) atoms. The Morgan fingerprint density at radius 1 is 1.46 bits per heavy atom. The van der Waals surface area contributed by atoms with Crippen LogP contribution in [0.2, 0.25) is 0 Å². The van der Waals surface area contributed by atoms with Gasteiger partial charge in [-0.1, -0.05) is 42.1 Å². The highest BCUT2D eigenvalue weighted by atomic mass is 32.2. The van der Waals surface area contributed by atoms with Gasteiger partial charge in [0.15, 0.2) is 0 Å². The van der Waals surface area contributed by atoms with Gasteiger partial charge < -0.3 is 14.8 Å². The minimum atomic E-state index is -0.151. The van der Waals surface area contributed by atoms with E-state index in [0.717, 1.165) is 16.3 Å². The number of hydrogen-bond donors (Lipinski definition) is 1.